The van der Waals surface area contributed by atoms with Crippen molar-refractivity contribution in [2.24, 2.45) is 5.92 Å². The Labute approximate surface area is 180 Å². The van der Waals surface area contributed by atoms with Crippen molar-refractivity contribution in [3.8, 4) is 5.69 Å². The lowest BCUT2D eigenvalue weighted by molar-refractivity contribution is -0.137. The molecule has 164 valence electrons. The molecule has 0 atom stereocenters. The minimum Gasteiger partial charge on any atom is -0.481 e. The molecule has 1 fully saturated rings. The van der Waals surface area contributed by atoms with Gasteiger partial charge < -0.3 is 10.4 Å². The lowest BCUT2D eigenvalue weighted by Crippen LogP contribution is -2.31. The third kappa shape index (κ3) is 4.70. The van der Waals surface area contributed by atoms with Crippen LogP contribution in [0.25, 0.3) is 5.69 Å². The number of nitrogens with one attached hydrogen (secondary N) is 2. The molecule has 1 aromatic carbocycles. The van der Waals surface area contributed by atoms with Gasteiger partial charge >= 0.3 is 17.3 Å². The number of fused-ring (bicyclic) bond motifs is 1. The smallest absolute Gasteiger partial charge is 0.351 e. The number of benzene rings is 1. The highest BCUT2D eigenvalue weighted by Gasteiger charge is 2.26. The molecule has 0 unspecified atom stereocenters. The van der Waals surface area contributed by atoms with E-state index in [9.17, 15) is 14.4 Å². The molecule has 0 bridgehead atoms. The minimum atomic E-state index is -0.763. The Kier molecular flexibility index (Phi) is 7.20. The van der Waals surface area contributed by atoms with E-state index in [0.717, 1.165) is 51.6 Å². The number of aromatic amines is 1. The fourth-order valence-electron chi connectivity index (χ4n) is 4.69. The molecule has 4 rings (SSSR count). The monoisotopic (exact) mass is 436 g/mol. The summed E-state index contributed by atoms with van der Waals surface area (Å²) < 4.78 is 2.71. The summed E-state index contributed by atoms with van der Waals surface area (Å²) in [6.45, 7) is 1.84. The Morgan fingerprint density at radius 3 is 2.47 bits per heavy atom. The second-order valence-corrected chi connectivity index (χ2v) is 8.21. The van der Waals surface area contributed by atoms with Gasteiger partial charge in [0.15, 0.2) is 0 Å². The zero-order valence-electron chi connectivity index (χ0n) is 16.9. The van der Waals surface area contributed by atoms with Gasteiger partial charge in [-0.25, -0.2) is 23.9 Å². The standard InChI is InChI=1S/C21H28N4O4.ClH/c26-19(27)8-3-14-1-5-17(6-2-14)25-21(29)24(20(28)23-25)18-7-4-15-9-11-22-12-10-16(15)13-18;/h4,7,13-14,17,22H,1-3,5-6,8-12H2,(H,23,28)(H,26,27);1H. The molecule has 1 aliphatic heterocycles. The Bertz CT molecular complexity index is 1000. The van der Waals surface area contributed by atoms with Crippen LogP contribution in [0, 0.1) is 5.92 Å². The third-order valence-corrected chi connectivity index (χ3v) is 6.35. The molecule has 3 N–H and O–H groups in total. The molecule has 30 heavy (non-hydrogen) atoms. The van der Waals surface area contributed by atoms with Crippen LogP contribution in [-0.4, -0.2) is 38.5 Å². The molecule has 0 amide bonds. The zero-order chi connectivity index (χ0) is 20.4. The van der Waals surface area contributed by atoms with Crippen LogP contribution in [0.5, 0.6) is 0 Å². The SMILES string of the molecule is Cl.O=C(O)CCC1CCC(n2[nH]c(=O)n(-c3ccc4c(c3)CCNCC4)c2=O)CC1. The number of hydrogen-bond donors (Lipinski definition) is 3. The molecule has 9 heteroatoms. The fraction of sp³-hybridized carbons (Fsp3) is 0.571. The first-order valence-electron chi connectivity index (χ1n) is 10.5. The number of aromatic nitrogens is 3. The van der Waals surface area contributed by atoms with Crippen molar-refractivity contribution in [3.05, 3.63) is 50.3 Å². The van der Waals surface area contributed by atoms with Crippen molar-refractivity contribution < 1.29 is 9.90 Å². The molecule has 8 nitrogen and oxygen atoms in total. The van der Waals surface area contributed by atoms with Gasteiger partial charge in [-0.1, -0.05) is 6.07 Å². The molecule has 1 aromatic heterocycles. The number of hydrogen-bond acceptors (Lipinski definition) is 4. The molecular weight excluding hydrogens is 408 g/mol. The molecule has 1 aliphatic carbocycles. The largest absolute Gasteiger partial charge is 0.481 e. The van der Waals surface area contributed by atoms with Crippen molar-refractivity contribution in [2.75, 3.05) is 13.1 Å². The molecule has 0 saturated heterocycles. The van der Waals surface area contributed by atoms with Gasteiger partial charge in [0, 0.05) is 6.42 Å². The van der Waals surface area contributed by atoms with Gasteiger partial charge in [-0.15, -0.1) is 12.4 Å². The molecule has 2 aromatic rings. The van der Waals surface area contributed by atoms with Crippen LogP contribution in [0.15, 0.2) is 27.8 Å². The van der Waals surface area contributed by atoms with Crippen LogP contribution < -0.4 is 16.7 Å². The Morgan fingerprint density at radius 2 is 1.77 bits per heavy atom. The van der Waals surface area contributed by atoms with Crippen LogP contribution in [0.1, 0.15) is 55.7 Å². The summed E-state index contributed by atoms with van der Waals surface area (Å²) in [5.74, 6) is -0.383. The van der Waals surface area contributed by atoms with E-state index in [1.807, 2.05) is 18.2 Å². The van der Waals surface area contributed by atoms with Crippen molar-refractivity contribution in [1.82, 2.24) is 19.7 Å². The average molecular weight is 437 g/mol. The normalized spacial score (nSPS) is 21.3. The Hall–Kier alpha value is -2.32. The number of nitrogens with zero attached hydrogens (tertiary/aromatic N) is 2. The maximum absolute atomic E-state index is 13.0. The van der Waals surface area contributed by atoms with E-state index in [1.165, 1.54) is 20.4 Å². The first-order chi connectivity index (χ1) is 14.0. The molecule has 2 heterocycles. The summed E-state index contributed by atoms with van der Waals surface area (Å²) in [5, 5.41) is 15.0. The topological polar surface area (TPSA) is 109 Å². The number of halogens is 1. The van der Waals surface area contributed by atoms with Gasteiger partial charge in [0.2, 0.25) is 0 Å². The first-order valence-corrected chi connectivity index (χ1v) is 10.5. The van der Waals surface area contributed by atoms with Crippen LogP contribution in [0.2, 0.25) is 0 Å². The van der Waals surface area contributed by atoms with Crippen LogP contribution in [-0.2, 0) is 17.6 Å². The Morgan fingerprint density at radius 1 is 1.07 bits per heavy atom. The van der Waals surface area contributed by atoms with Crippen molar-refractivity contribution >= 4 is 18.4 Å². The van der Waals surface area contributed by atoms with Gasteiger partial charge in [-0.05, 0) is 87.2 Å². The second-order valence-electron chi connectivity index (χ2n) is 8.21. The van der Waals surface area contributed by atoms with E-state index in [1.54, 1.807) is 0 Å². The fourth-order valence-corrected chi connectivity index (χ4v) is 4.69. The van der Waals surface area contributed by atoms with Crippen molar-refractivity contribution in [3.63, 3.8) is 0 Å². The van der Waals surface area contributed by atoms with E-state index < -0.39 is 11.7 Å². The van der Waals surface area contributed by atoms with Crippen LogP contribution in [0.3, 0.4) is 0 Å². The molecule has 0 radical (unpaired) electrons. The van der Waals surface area contributed by atoms with E-state index in [0.29, 0.717) is 18.0 Å². The lowest BCUT2D eigenvalue weighted by Gasteiger charge is -2.28. The van der Waals surface area contributed by atoms with E-state index in [-0.39, 0.29) is 30.6 Å². The Balaban J connectivity index is 0.00000256. The van der Waals surface area contributed by atoms with Gasteiger partial charge in [-0.2, -0.15) is 0 Å². The van der Waals surface area contributed by atoms with Gasteiger partial charge in [-0.3, -0.25) is 4.79 Å². The number of rotatable bonds is 5. The van der Waals surface area contributed by atoms with E-state index in [4.69, 9.17) is 5.11 Å². The summed E-state index contributed by atoms with van der Waals surface area (Å²) >= 11 is 0. The van der Waals surface area contributed by atoms with Gasteiger partial charge in [0.05, 0.1) is 11.7 Å². The summed E-state index contributed by atoms with van der Waals surface area (Å²) in [4.78, 5) is 36.4. The van der Waals surface area contributed by atoms with Crippen molar-refractivity contribution in [2.45, 2.75) is 57.4 Å². The molecule has 1 saturated carbocycles. The van der Waals surface area contributed by atoms with Crippen molar-refractivity contribution in [1.29, 1.82) is 0 Å². The predicted molar refractivity (Wildman–Crippen MR) is 116 cm³/mol. The average Bonchev–Trinajstić information content (AvgIpc) is 2.87. The highest BCUT2D eigenvalue weighted by molar-refractivity contribution is 5.85. The first kappa shape index (κ1) is 22.4. The summed E-state index contributed by atoms with van der Waals surface area (Å²) in [5.41, 5.74) is 2.34. The van der Waals surface area contributed by atoms with E-state index >= 15 is 0 Å². The zero-order valence-corrected chi connectivity index (χ0v) is 17.7. The number of carbonyl (C=O) groups is 1. The summed E-state index contributed by atoms with van der Waals surface area (Å²) in [6, 6.07) is 5.80. The van der Waals surface area contributed by atoms with Gasteiger partial charge in [0.25, 0.3) is 0 Å². The lowest BCUT2D eigenvalue weighted by atomic mass is 9.83. The molecular formula is C21H29ClN4O4. The number of carboxylic acid groups (broad SMARTS) is 1. The van der Waals surface area contributed by atoms with Gasteiger partial charge in [0.1, 0.15) is 0 Å². The highest BCUT2D eigenvalue weighted by Crippen LogP contribution is 2.33. The maximum Gasteiger partial charge on any atom is 0.351 e. The summed E-state index contributed by atoms with van der Waals surface area (Å²) in [7, 11) is 0. The van der Waals surface area contributed by atoms with Crippen LogP contribution in [0.4, 0.5) is 0 Å². The number of H-pyrrole nitrogens is 1. The minimum absolute atomic E-state index is 0. The molecule has 2 aliphatic rings. The number of carboxylic acids is 1. The highest BCUT2D eigenvalue weighted by atomic mass is 35.5. The molecule has 0 spiro atoms. The quantitative estimate of drug-likeness (QED) is 0.664. The number of aliphatic carboxylic acids is 1. The van der Waals surface area contributed by atoms with E-state index in [2.05, 4.69) is 10.4 Å². The summed E-state index contributed by atoms with van der Waals surface area (Å²) in [6.07, 6.45) is 6.02. The maximum atomic E-state index is 13.0. The third-order valence-electron chi connectivity index (χ3n) is 6.35. The second kappa shape index (κ2) is 9.66. The van der Waals surface area contributed by atoms with Crippen LogP contribution >= 0.6 is 12.4 Å². The predicted octanol–water partition coefficient (Wildman–Crippen LogP) is 2.03.